The van der Waals surface area contributed by atoms with Crippen LogP contribution < -0.4 is 0 Å². The maximum Gasteiger partial charge on any atom is 0.0581 e. The summed E-state index contributed by atoms with van der Waals surface area (Å²) in [6, 6.07) is 0. The minimum Gasteiger partial charge on any atom is -0.378 e. The molecule has 0 spiro atoms. The van der Waals surface area contributed by atoms with Gasteiger partial charge in [-0.2, -0.15) is 0 Å². The van der Waals surface area contributed by atoms with Crippen LogP contribution in [-0.2, 0) is 9.47 Å². The predicted molar refractivity (Wildman–Crippen MR) is 142 cm³/mol. The largest absolute Gasteiger partial charge is 0.378 e. The molecule has 0 radical (unpaired) electrons. The zero-order chi connectivity index (χ0) is 23.7. The highest BCUT2D eigenvalue weighted by molar-refractivity contribution is 5.21. The lowest BCUT2D eigenvalue weighted by atomic mass is 9.38. The maximum absolute atomic E-state index is 6.70. The van der Waals surface area contributed by atoms with Gasteiger partial charge in [0.1, 0.15) is 0 Å². The zero-order valence-electron chi connectivity index (χ0n) is 23.1. The second-order valence-corrected chi connectivity index (χ2v) is 13.9. The van der Waals surface area contributed by atoms with Crippen LogP contribution in [0.2, 0.25) is 0 Å². The Labute approximate surface area is 211 Å². The van der Waals surface area contributed by atoms with Gasteiger partial charge in [-0.05, 0) is 117 Å². The van der Waals surface area contributed by atoms with Crippen molar-refractivity contribution in [2.75, 3.05) is 13.2 Å². The normalized spacial score (nSPS) is 37.6. The van der Waals surface area contributed by atoms with Gasteiger partial charge in [0.2, 0.25) is 0 Å². The van der Waals surface area contributed by atoms with Crippen molar-refractivity contribution in [1.29, 1.82) is 0 Å². The molecule has 0 aromatic heterocycles. The van der Waals surface area contributed by atoms with Crippen LogP contribution in [0.4, 0.5) is 0 Å². The van der Waals surface area contributed by atoms with E-state index in [0.717, 1.165) is 25.0 Å². The van der Waals surface area contributed by atoms with E-state index in [4.69, 9.17) is 9.47 Å². The van der Waals surface area contributed by atoms with Crippen LogP contribution in [0.1, 0.15) is 143 Å². The molecular formula is C32H56O2. The fraction of sp³-hybridized carbons (Fsp3) is 1.00. The fourth-order valence-corrected chi connectivity index (χ4v) is 10.0. The first-order chi connectivity index (χ1) is 16.6. The third-order valence-corrected chi connectivity index (χ3v) is 11.7. The molecule has 0 bridgehead atoms. The molecule has 5 aliphatic carbocycles. The number of unbranched alkanes of at least 4 members (excludes halogenated alkanes) is 1. The maximum atomic E-state index is 6.70. The number of rotatable bonds is 11. The molecule has 2 heteroatoms. The van der Waals surface area contributed by atoms with Gasteiger partial charge >= 0.3 is 0 Å². The van der Waals surface area contributed by atoms with E-state index >= 15 is 0 Å². The molecule has 2 nitrogen and oxygen atoms in total. The van der Waals surface area contributed by atoms with Crippen molar-refractivity contribution in [2.24, 2.45) is 34.0 Å². The third kappa shape index (κ3) is 4.55. The van der Waals surface area contributed by atoms with Gasteiger partial charge < -0.3 is 9.47 Å². The lowest BCUT2D eigenvalue weighted by molar-refractivity contribution is -0.197. The topological polar surface area (TPSA) is 18.5 Å². The van der Waals surface area contributed by atoms with E-state index in [0.29, 0.717) is 34.4 Å². The summed E-state index contributed by atoms with van der Waals surface area (Å²) >= 11 is 0. The third-order valence-electron chi connectivity index (χ3n) is 11.7. The molecule has 0 aromatic carbocycles. The average molecular weight is 473 g/mol. The molecule has 0 N–H and O–H groups in total. The van der Waals surface area contributed by atoms with Gasteiger partial charge in [-0.15, -0.1) is 0 Å². The van der Waals surface area contributed by atoms with Gasteiger partial charge in [0.05, 0.1) is 12.2 Å². The van der Waals surface area contributed by atoms with Crippen molar-refractivity contribution in [3.8, 4) is 0 Å². The highest BCUT2D eigenvalue weighted by Crippen LogP contribution is 2.80. The Morgan fingerprint density at radius 1 is 0.706 bits per heavy atom. The molecule has 34 heavy (non-hydrogen) atoms. The molecular weight excluding hydrogens is 416 g/mol. The van der Waals surface area contributed by atoms with E-state index in [1.165, 1.54) is 109 Å². The number of ether oxygens (including phenoxy) is 2. The van der Waals surface area contributed by atoms with Crippen LogP contribution in [0.5, 0.6) is 0 Å². The van der Waals surface area contributed by atoms with Gasteiger partial charge in [0, 0.05) is 13.2 Å². The minimum atomic E-state index is 0.521. The van der Waals surface area contributed by atoms with Crippen LogP contribution in [0.3, 0.4) is 0 Å². The van der Waals surface area contributed by atoms with Gasteiger partial charge in [-0.25, -0.2) is 0 Å². The van der Waals surface area contributed by atoms with E-state index in [1.807, 2.05) is 0 Å². The van der Waals surface area contributed by atoms with Crippen molar-refractivity contribution in [3.63, 3.8) is 0 Å². The predicted octanol–water partition coefficient (Wildman–Crippen LogP) is 9.10. The van der Waals surface area contributed by atoms with E-state index in [-0.39, 0.29) is 0 Å². The number of hydrogen-bond donors (Lipinski definition) is 0. The number of hydrogen-bond acceptors (Lipinski definition) is 2. The fourth-order valence-electron chi connectivity index (χ4n) is 10.0. The summed E-state index contributed by atoms with van der Waals surface area (Å²) < 4.78 is 13.2. The Morgan fingerprint density at radius 2 is 1.41 bits per heavy atom. The monoisotopic (exact) mass is 472 g/mol. The van der Waals surface area contributed by atoms with Crippen LogP contribution in [0.25, 0.3) is 0 Å². The Hall–Kier alpha value is -0.0800. The second-order valence-electron chi connectivity index (χ2n) is 13.9. The first-order valence-electron chi connectivity index (χ1n) is 15.8. The molecule has 0 amide bonds. The highest BCUT2D eigenvalue weighted by Gasteiger charge is 2.72. The first kappa shape index (κ1) is 25.6. The summed E-state index contributed by atoms with van der Waals surface area (Å²) in [5.41, 5.74) is 1.82. The average Bonchev–Trinajstić information content (AvgIpc) is 3.47. The minimum absolute atomic E-state index is 0.521. The highest BCUT2D eigenvalue weighted by atomic mass is 16.5. The molecule has 5 rings (SSSR count). The van der Waals surface area contributed by atoms with E-state index in [2.05, 4.69) is 20.8 Å². The van der Waals surface area contributed by atoms with Crippen molar-refractivity contribution in [1.82, 2.24) is 0 Å². The Balaban J connectivity index is 1.43. The summed E-state index contributed by atoms with van der Waals surface area (Å²) in [7, 11) is 0. The van der Waals surface area contributed by atoms with Crippen molar-refractivity contribution >= 4 is 0 Å². The second kappa shape index (κ2) is 10.7. The summed E-state index contributed by atoms with van der Waals surface area (Å²) in [6.07, 6.45) is 28.4. The molecule has 0 saturated heterocycles. The SMILES string of the molecule is CCCCOC1CCCC(C2(C3(C4(C5CCCC5)CCC4)CCCC(OCC(C)C)C3)CC2)C1. The lowest BCUT2D eigenvalue weighted by Crippen LogP contribution is -2.60. The van der Waals surface area contributed by atoms with Crippen LogP contribution >= 0.6 is 0 Å². The molecule has 5 aliphatic rings. The van der Waals surface area contributed by atoms with Gasteiger partial charge in [0.25, 0.3) is 0 Å². The van der Waals surface area contributed by atoms with E-state index < -0.39 is 0 Å². The van der Waals surface area contributed by atoms with Gasteiger partial charge in [-0.1, -0.05) is 59.3 Å². The van der Waals surface area contributed by atoms with Crippen LogP contribution in [-0.4, -0.2) is 25.4 Å². The van der Waals surface area contributed by atoms with Gasteiger partial charge in [-0.3, -0.25) is 0 Å². The Bertz CT molecular complexity index is 641. The smallest absolute Gasteiger partial charge is 0.0581 e. The van der Waals surface area contributed by atoms with Crippen LogP contribution in [0.15, 0.2) is 0 Å². The van der Waals surface area contributed by atoms with E-state index in [9.17, 15) is 0 Å². The zero-order valence-corrected chi connectivity index (χ0v) is 23.1. The Kier molecular flexibility index (Phi) is 8.07. The van der Waals surface area contributed by atoms with Crippen LogP contribution in [0, 0.1) is 34.0 Å². The molecule has 5 saturated carbocycles. The first-order valence-corrected chi connectivity index (χ1v) is 15.8. The van der Waals surface area contributed by atoms with E-state index in [1.54, 1.807) is 12.8 Å². The molecule has 0 aliphatic heterocycles. The lowest BCUT2D eigenvalue weighted by Gasteiger charge is -2.67. The molecule has 4 unspecified atom stereocenters. The molecule has 0 heterocycles. The summed E-state index contributed by atoms with van der Waals surface area (Å²) in [5.74, 6) is 2.58. The van der Waals surface area contributed by atoms with Crippen molar-refractivity contribution in [3.05, 3.63) is 0 Å². The van der Waals surface area contributed by atoms with Crippen molar-refractivity contribution in [2.45, 2.75) is 155 Å². The summed E-state index contributed by atoms with van der Waals surface area (Å²) in [5, 5.41) is 0. The Morgan fingerprint density at radius 3 is 2.06 bits per heavy atom. The standard InChI is InChI=1S/C32H56O2/c1-4-5-21-33-28-14-8-13-27(22-28)31(19-20-31)32(18-9-15-29(23-32)34-24-25(2)3)30(16-10-17-30)26-11-6-7-12-26/h25-29H,4-24H2,1-3H3. The molecule has 5 fully saturated rings. The summed E-state index contributed by atoms with van der Waals surface area (Å²) in [4.78, 5) is 0. The molecule has 196 valence electrons. The van der Waals surface area contributed by atoms with Crippen molar-refractivity contribution < 1.29 is 9.47 Å². The molecule has 4 atom stereocenters. The van der Waals surface area contributed by atoms with Gasteiger partial charge in [0.15, 0.2) is 0 Å². The quantitative estimate of drug-likeness (QED) is 0.279. The molecule has 0 aromatic rings. The summed E-state index contributed by atoms with van der Waals surface area (Å²) in [6.45, 7) is 8.89.